The van der Waals surface area contributed by atoms with Crippen molar-refractivity contribution in [2.24, 2.45) is 0 Å². The van der Waals surface area contributed by atoms with Gasteiger partial charge in [-0.2, -0.15) is 0 Å². The molecule has 3 nitrogen and oxygen atoms in total. The third kappa shape index (κ3) is 6.28. The van der Waals surface area contributed by atoms with Crippen LogP contribution in [0.25, 0.3) is 104 Å². The van der Waals surface area contributed by atoms with Crippen molar-refractivity contribution in [3.8, 4) is 39.1 Å². The standard InChI is InChI=1S/C62H40N2O/c1-2-14-44-36-48(27-26-41(44)12-1)46-16-10-18-51(38-46)63(52-19-11-17-47(39-52)49-31-34-57-58-35-30-43-13-3-4-21-54(43)62(58)65-61(57)40-49)50-32-28-42(29-33-50)45-15-9-20-53(37-45)64-59-24-7-5-22-55(59)56-23-6-8-25-60(56)64/h1-40H. The predicted molar refractivity (Wildman–Crippen MR) is 274 cm³/mol. The lowest BCUT2D eigenvalue weighted by molar-refractivity contribution is 0.673. The molecule has 2 heterocycles. The Hall–Kier alpha value is -8.66. The highest BCUT2D eigenvalue weighted by molar-refractivity contribution is 6.15. The number of hydrogen-bond donors (Lipinski definition) is 0. The molecule has 13 aromatic rings. The van der Waals surface area contributed by atoms with E-state index in [1.807, 2.05) is 0 Å². The normalized spacial score (nSPS) is 11.7. The minimum absolute atomic E-state index is 0.886. The summed E-state index contributed by atoms with van der Waals surface area (Å²) < 4.78 is 9.01. The van der Waals surface area contributed by atoms with Crippen molar-refractivity contribution >= 4 is 82.4 Å². The average molecular weight is 829 g/mol. The van der Waals surface area contributed by atoms with Crippen LogP contribution in [0.2, 0.25) is 0 Å². The van der Waals surface area contributed by atoms with Crippen LogP contribution in [-0.2, 0) is 0 Å². The van der Waals surface area contributed by atoms with E-state index in [2.05, 4.69) is 252 Å². The second kappa shape index (κ2) is 15.0. The number of furan rings is 1. The van der Waals surface area contributed by atoms with Gasteiger partial charge in [0.15, 0.2) is 0 Å². The van der Waals surface area contributed by atoms with Gasteiger partial charge in [0.25, 0.3) is 0 Å². The minimum Gasteiger partial charge on any atom is -0.455 e. The molecule has 65 heavy (non-hydrogen) atoms. The molecule has 13 rings (SSSR count). The molecule has 0 N–H and O–H groups in total. The van der Waals surface area contributed by atoms with Crippen LogP contribution in [0.5, 0.6) is 0 Å². The van der Waals surface area contributed by atoms with Crippen molar-refractivity contribution in [2.45, 2.75) is 0 Å². The molecular weight excluding hydrogens is 789 g/mol. The van der Waals surface area contributed by atoms with Crippen molar-refractivity contribution < 1.29 is 4.42 Å². The molecular formula is C62H40N2O. The van der Waals surface area contributed by atoms with Crippen LogP contribution in [-0.4, -0.2) is 4.57 Å². The summed E-state index contributed by atoms with van der Waals surface area (Å²) in [6.45, 7) is 0. The van der Waals surface area contributed by atoms with E-state index < -0.39 is 0 Å². The molecule has 0 aliphatic heterocycles. The molecule has 11 aromatic carbocycles. The van der Waals surface area contributed by atoms with E-state index in [-0.39, 0.29) is 0 Å². The van der Waals surface area contributed by atoms with E-state index in [4.69, 9.17) is 4.42 Å². The van der Waals surface area contributed by atoms with E-state index in [1.54, 1.807) is 0 Å². The summed E-state index contributed by atoms with van der Waals surface area (Å²) in [4.78, 5) is 2.37. The third-order valence-electron chi connectivity index (χ3n) is 13.1. The van der Waals surface area contributed by atoms with E-state index in [1.165, 1.54) is 43.5 Å². The van der Waals surface area contributed by atoms with Gasteiger partial charge in [-0.1, -0.05) is 158 Å². The molecule has 0 amide bonds. The number of fused-ring (bicyclic) bond motifs is 9. The molecule has 0 saturated carbocycles. The minimum atomic E-state index is 0.886. The van der Waals surface area contributed by atoms with E-state index in [0.29, 0.717) is 0 Å². The Morgan fingerprint density at radius 2 is 0.815 bits per heavy atom. The summed E-state index contributed by atoms with van der Waals surface area (Å²) in [6.07, 6.45) is 0. The van der Waals surface area contributed by atoms with Crippen molar-refractivity contribution in [3.63, 3.8) is 0 Å². The fraction of sp³-hybridized carbons (Fsp3) is 0. The maximum atomic E-state index is 6.63. The first-order valence-electron chi connectivity index (χ1n) is 22.2. The van der Waals surface area contributed by atoms with Crippen LogP contribution in [0.4, 0.5) is 17.1 Å². The van der Waals surface area contributed by atoms with Crippen LogP contribution in [0.15, 0.2) is 247 Å². The number of anilines is 3. The number of benzene rings is 11. The lowest BCUT2D eigenvalue weighted by Gasteiger charge is -2.27. The fourth-order valence-electron chi connectivity index (χ4n) is 9.98. The summed E-state index contributed by atoms with van der Waals surface area (Å²) >= 11 is 0. The quantitative estimate of drug-likeness (QED) is 0.160. The van der Waals surface area contributed by atoms with Gasteiger partial charge >= 0.3 is 0 Å². The highest BCUT2D eigenvalue weighted by atomic mass is 16.3. The van der Waals surface area contributed by atoms with Crippen LogP contribution in [0.1, 0.15) is 0 Å². The van der Waals surface area contributed by atoms with Crippen molar-refractivity contribution in [3.05, 3.63) is 243 Å². The third-order valence-corrected chi connectivity index (χ3v) is 13.1. The Balaban J connectivity index is 0.912. The Kier molecular flexibility index (Phi) is 8.53. The smallest absolute Gasteiger partial charge is 0.143 e. The fourth-order valence-corrected chi connectivity index (χ4v) is 9.98. The first kappa shape index (κ1) is 36.9. The summed E-state index contributed by atoms with van der Waals surface area (Å²) in [7, 11) is 0. The van der Waals surface area contributed by atoms with E-state index in [0.717, 1.165) is 77.9 Å². The Morgan fingerprint density at radius 3 is 1.54 bits per heavy atom. The molecule has 0 fully saturated rings. The summed E-state index contributed by atoms with van der Waals surface area (Å²) in [5, 5.41) is 9.56. The highest BCUT2D eigenvalue weighted by Gasteiger charge is 2.18. The van der Waals surface area contributed by atoms with Gasteiger partial charge in [-0.3, -0.25) is 0 Å². The van der Waals surface area contributed by atoms with Crippen LogP contribution in [0.3, 0.4) is 0 Å². The first-order chi connectivity index (χ1) is 32.2. The number of rotatable bonds is 7. The zero-order valence-corrected chi connectivity index (χ0v) is 35.4. The number of hydrogen-bond acceptors (Lipinski definition) is 2. The second-order valence-corrected chi connectivity index (χ2v) is 16.9. The lowest BCUT2D eigenvalue weighted by Crippen LogP contribution is -2.10. The predicted octanol–water partition coefficient (Wildman–Crippen LogP) is 17.5. The summed E-state index contributed by atoms with van der Waals surface area (Å²) in [6, 6.07) is 87.8. The van der Waals surface area contributed by atoms with Gasteiger partial charge in [0, 0.05) is 49.7 Å². The highest BCUT2D eigenvalue weighted by Crippen LogP contribution is 2.42. The molecule has 0 aliphatic carbocycles. The van der Waals surface area contributed by atoms with Gasteiger partial charge in [-0.15, -0.1) is 0 Å². The first-order valence-corrected chi connectivity index (χ1v) is 22.2. The number of nitrogens with zero attached hydrogens (tertiary/aromatic N) is 2. The maximum absolute atomic E-state index is 6.63. The zero-order chi connectivity index (χ0) is 42.8. The molecule has 0 spiro atoms. The van der Waals surface area contributed by atoms with Gasteiger partial charge in [0.2, 0.25) is 0 Å². The Morgan fingerprint density at radius 1 is 0.292 bits per heavy atom. The van der Waals surface area contributed by atoms with Gasteiger partial charge in [0.05, 0.1) is 11.0 Å². The Labute approximate surface area is 376 Å². The van der Waals surface area contributed by atoms with Gasteiger partial charge in [0.1, 0.15) is 11.2 Å². The van der Waals surface area contributed by atoms with Crippen molar-refractivity contribution in [1.29, 1.82) is 0 Å². The molecule has 0 radical (unpaired) electrons. The summed E-state index contributed by atoms with van der Waals surface area (Å²) in [5.74, 6) is 0. The molecule has 304 valence electrons. The molecule has 0 atom stereocenters. The van der Waals surface area contributed by atoms with Gasteiger partial charge in [-0.25, -0.2) is 0 Å². The molecule has 0 bridgehead atoms. The van der Waals surface area contributed by atoms with Crippen LogP contribution < -0.4 is 4.90 Å². The number of aromatic nitrogens is 1. The largest absolute Gasteiger partial charge is 0.455 e. The Bertz CT molecular complexity index is 3910. The molecule has 3 heteroatoms. The zero-order valence-electron chi connectivity index (χ0n) is 35.4. The monoisotopic (exact) mass is 828 g/mol. The van der Waals surface area contributed by atoms with Gasteiger partial charge in [-0.05, 0) is 134 Å². The topological polar surface area (TPSA) is 21.3 Å². The number of para-hydroxylation sites is 2. The second-order valence-electron chi connectivity index (χ2n) is 16.9. The van der Waals surface area contributed by atoms with Crippen molar-refractivity contribution in [1.82, 2.24) is 4.57 Å². The van der Waals surface area contributed by atoms with Crippen LogP contribution >= 0.6 is 0 Å². The lowest BCUT2D eigenvalue weighted by atomic mass is 9.99. The van der Waals surface area contributed by atoms with Crippen LogP contribution in [0, 0.1) is 0 Å². The molecule has 0 aliphatic rings. The van der Waals surface area contributed by atoms with Crippen molar-refractivity contribution in [2.75, 3.05) is 4.90 Å². The molecule has 0 unspecified atom stereocenters. The average Bonchev–Trinajstić information content (AvgIpc) is 3.93. The molecule has 0 saturated heterocycles. The summed E-state index contributed by atoms with van der Waals surface area (Å²) in [5.41, 5.74) is 15.5. The maximum Gasteiger partial charge on any atom is 0.143 e. The van der Waals surface area contributed by atoms with E-state index >= 15 is 0 Å². The molecule has 2 aromatic heterocycles. The van der Waals surface area contributed by atoms with Gasteiger partial charge < -0.3 is 13.9 Å². The SMILES string of the molecule is c1cc(-c2ccc3ccccc3c2)cc(N(c2ccc(-c3cccc(-n4c5ccccc5c5ccccc54)c3)cc2)c2cccc(-c3ccc4c(c3)oc3c5ccccc5ccc43)c2)c1. The van der Waals surface area contributed by atoms with E-state index in [9.17, 15) is 0 Å².